The Kier molecular flexibility index (Phi) is 5.30. The Hall–Kier alpha value is -3.86. The van der Waals surface area contributed by atoms with Crippen LogP contribution in [0.25, 0.3) is 10.8 Å². The number of ether oxygens (including phenoxy) is 1. The van der Waals surface area contributed by atoms with Crippen LogP contribution in [0.15, 0.2) is 60.7 Å². The van der Waals surface area contributed by atoms with Gasteiger partial charge in [-0.1, -0.05) is 36.4 Å². The van der Waals surface area contributed by atoms with E-state index >= 15 is 0 Å². The maximum atomic E-state index is 13.7. The van der Waals surface area contributed by atoms with Gasteiger partial charge in [-0.3, -0.25) is 19.7 Å². The second-order valence-electron chi connectivity index (χ2n) is 9.96. The summed E-state index contributed by atoms with van der Waals surface area (Å²) in [5.41, 5.74) is 0.570. The summed E-state index contributed by atoms with van der Waals surface area (Å²) in [4.78, 5) is 38.8. The molecular weight excluding hydrogens is 480 g/mol. The van der Waals surface area contributed by atoms with Gasteiger partial charge in [0.15, 0.2) is 5.79 Å². The molecular formula is C27H24N2O8. The number of phenols is 1. The van der Waals surface area contributed by atoms with Crippen LogP contribution in [0.5, 0.6) is 5.75 Å². The Balaban J connectivity index is 1.40. The van der Waals surface area contributed by atoms with Crippen LogP contribution < -0.4 is 4.90 Å². The maximum absolute atomic E-state index is 13.7. The Bertz CT molecular complexity index is 1460. The monoisotopic (exact) mass is 504 g/mol. The van der Waals surface area contributed by atoms with Gasteiger partial charge in [-0.2, -0.15) is 0 Å². The highest BCUT2D eigenvalue weighted by molar-refractivity contribution is 6.22. The van der Waals surface area contributed by atoms with Crippen molar-refractivity contribution in [3.8, 4) is 5.75 Å². The van der Waals surface area contributed by atoms with Gasteiger partial charge in [0.05, 0.1) is 35.2 Å². The molecule has 1 aliphatic carbocycles. The number of nitrogens with zero attached hydrogens (tertiary/aromatic N) is 2. The van der Waals surface area contributed by atoms with E-state index in [0.717, 1.165) is 15.8 Å². The van der Waals surface area contributed by atoms with Gasteiger partial charge in [-0.05, 0) is 35.9 Å². The van der Waals surface area contributed by atoms with E-state index in [1.165, 1.54) is 24.3 Å². The highest BCUT2D eigenvalue weighted by Crippen LogP contribution is 2.59. The average molecular weight is 504 g/mol. The third-order valence-electron chi connectivity index (χ3n) is 8.16. The molecule has 0 spiro atoms. The number of carbonyl (C=O) groups is 2. The molecule has 2 amide bonds. The summed E-state index contributed by atoms with van der Waals surface area (Å²) in [5.74, 6) is -6.11. The number of fused-ring (bicyclic) bond motifs is 4. The topological polar surface area (TPSA) is 150 Å². The molecule has 190 valence electrons. The van der Waals surface area contributed by atoms with E-state index in [-0.39, 0.29) is 30.0 Å². The van der Waals surface area contributed by atoms with Crippen molar-refractivity contribution in [2.75, 3.05) is 11.5 Å². The van der Waals surface area contributed by atoms with Gasteiger partial charge in [0.2, 0.25) is 11.8 Å². The molecule has 2 heterocycles. The fourth-order valence-electron chi connectivity index (χ4n) is 6.47. The molecule has 3 N–H and O–H groups in total. The summed E-state index contributed by atoms with van der Waals surface area (Å²) >= 11 is 0. The summed E-state index contributed by atoms with van der Waals surface area (Å²) in [6.07, 6.45) is -0.402. The number of hydrogen-bond donors (Lipinski definition) is 3. The van der Waals surface area contributed by atoms with Crippen LogP contribution >= 0.6 is 0 Å². The first-order valence-corrected chi connectivity index (χ1v) is 12.1. The Morgan fingerprint density at radius 3 is 2.51 bits per heavy atom. The summed E-state index contributed by atoms with van der Waals surface area (Å²) < 4.78 is 6.22. The second-order valence-corrected chi connectivity index (χ2v) is 9.96. The molecule has 10 nitrogen and oxygen atoms in total. The smallest absolute Gasteiger partial charge is 0.271 e. The number of imide groups is 1. The van der Waals surface area contributed by atoms with Crippen molar-refractivity contribution in [1.29, 1.82) is 0 Å². The lowest BCUT2D eigenvalue weighted by Gasteiger charge is -2.44. The predicted octanol–water partition coefficient (Wildman–Crippen LogP) is 3.04. The number of rotatable bonds is 4. The van der Waals surface area contributed by atoms with Crippen LogP contribution in [0.4, 0.5) is 11.4 Å². The lowest BCUT2D eigenvalue weighted by Crippen LogP contribution is -2.54. The van der Waals surface area contributed by atoms with E-state index in [2.05, 4.69) is 0 Å². The second kappa shape index (κ2) is 8.34. The van der Waals surface area contributed by atoms with Crippen molar-refractivity contribution in [3.05, 3.63) is 76.3 Å². The molecule has 37 heavy (non-hydrogen) atoms. The number of aliphatic hydroxyl groups is 2. The Labute approximate surface area is 210 Å². The number of amides is 2. The number of phenolic OH excluding ortho intramolecular Hbond substituents is 1. The van der Waals surface area contributed by atoms with Crippen molar-refractivity contribution in [1.82, 2.24) is 0 Å². The van der Waals surface area contributed by atoms with Crippen LogP contribution in [0.1, 0.15) is 24.5 Å². The largest absolute Gasteiger partial charge is 0.507 e. The standard InChI is InChI=1S/C27H24N2O8/c30-13-14-10-20-24(26(33)28(25(20)32)15-4-3-5-16(11-15)29(35)36)21-12-23(37-27(14,21)34)19-8-9-22(31)18-7-2-1-6-17(18)19/h1-9,11,14,20-21,23-24,30-31,34H,10,12-13H2/t14-,20+,21+,23+,24+,27-/m1/s1. The first-order valence-electron chi connectivity index (χ1n) is 12.1. The molecule has 10 heteroatoms. The van der Waals surface area contributed by atoms with Gasteiger partial charge in [-0.15, -0.1) is 0 Å². The van der Waals surface area contributed by atoms with Gasteiger partial charge >= 0.3 is 0 Å². The number of carbonyl (C=O) groups excluding carboxylic acids is 2. The van der Waals surface area contributed by atoms with Crippen molar-refractivity contribution in [3.63, 3.8) is 0 Å². The third kappa shape index (κ3) is 3.37. The van der Waals surface area contributed by atoms with Gasteiger partial charge in [0.1, 0.15) is 5.75 Å². The highest BCUT2D eigenvalue weighted by Gasteiger charge is 2.66. The van der Waals surface area contributed by atoms with Gasteiger partial charge in [-0.25, -0.2) is 4.90 Å². The van der Waals surface area contributed by atoms with Crippen molar-refractivity contribution in [2.24, 2.45) is 23.7 Å². The van der Waals surface area contributed by atoms with E-state index < -0.39 is 58.9 Å². The number of non-ortho nitro benzene ring substituents is 1. The van der Waals surface area contributed by atoms with Crippen molar-refractivity contribution in [2.45, 2.75) is 24.7 Å². The SMILES string of the molecule is O=C1[C@H]2[C@H](C[C@H](CO)[C@@]3(O)O[C@H](c4ccc(O)c5ccccc45)C[C@@H]23)C(=O)N1c1cccc([N+](=O)[O-])c1. The molecule has 1 saturated carbocycles. The van der Waals surface area contributed by atoms with E-state index in [9.17, 15) is 35.0 Å². The van der Waals surface area contributed by atoms with Gasteiger partial charge in [0.25, 0.3) is 5.69 Å². The number of nitro benzene ring substituents is 1. The third-order valence-corrected chi connectivity index (χ3v) is 8.16. The van der Waals surface area contributed by atoms with Crippen LogP contribution in [-0.4, -0.2) is 44.5 Å². The zero-order valence-corrected chi connectivity index (χ0v) is 19.6. The summed E-state index contributed by atoms with van der Waals surface area (Å²) in [7, 11) is 0. The zero-order valence-electron chi connectivity index (χ0n) is 19.6. The van der Waals surface area contributed by atoms with Crippen molar-refractivity contribution >= 4 is 34.0 Å². The number of nitro groups is 1. The summed E-state index contributed by atoms with van der Waals surface area (Å²) in [6, 6.07) is 15.8. The molecule has 0 radical (unpaired) electrons. The van der Waals surface area contributed by atoms with E-state index in [0.29, 0.717) is 5.39 Å². The lowest BCUT2D eigenvalue weighted by atomic mass is 9.64. The summed E-state index contributed by atoms with van der Waals surface area (Å²) in [6.45, 7) is -0.447. The zero-order chi connectivity index (χ0) is 26.1. The predicted molar refractivity (Wildman–Crippen MR) is 130 cm³/mol. The first kappa shape index (κ1) is 23.5. The molecule has 0 unspecified atom stereocenters. The minimum absolute atomic E-state index is 0.0349. The molecule has 3 fully saturated rings. The van der Waals surface area contributed by atoms with Crippen LogP contribution in [-0.2, 0) is 14.3 Å². The molecule has 0 bridgehead atoms. The van der Waals surface area contributed by atoms with E-state index in [1.807, 2.05) is 12.1 Å². The molecule has 0 aromatic heterocycles. The van der Waals surface area contributed by atoms with Gasteiger partial charge in [0, 0.05) is 29.4 Å². The molecule has 6 atom stereocenters. The number of aromatic hydroxyl groups is 1. The number of hydrogen-bond acceptors (Lipinski definition) is 8. The molecule has 2 saturated heterocycles. The Morgan fingerprint density at radius 2 is 1.78 bits per heavy atom. The number of benzene rings is 3. The first-order chi connectivity index (χ1) is 17.7. The number of anilines is 1. The summed E-state index contributed by atoms with van der Waals surface area (Å²) in [5, 5.41) is 44.8. The molecule has 2 aliphatic heterocycles. The number of aliphatic hydroxyl groups excluding tert-OH is 1. The fraction of sp³-hybridized carbons (Fsp3) is 0.333. The lowest BCUT2D eigenvalue weighted by molar-refractivity contribution is -0.384. The molecule has 3 aromatic rings. The van der Waals surface area contributed by atoms with E-state index in [1.54, 1.807) is 24.3 Å². The maximum Gasteiger partial charge on any atom is 0.271 e. The average Bonchev–Trinajstić information content (AvgIpc) is 3.37. The highest BCUT2D eigenvalue weighted by atomic mass is 16.6. The van der Waals surface area contributed by atoms with Gasteiger partial charge < -0.3 is 20.1 Å². The molecule has 3 aromatic carbocycles. The minimum Gasteiger partial charge on any atom is -0.507 e. The van der Waals surface area contributed by atoms with Crippen LogP contribution in [0.3, 0.4) is 0 Å². The molecule has 6 rings (SSSR count). The minimum atomic E-state index is -1.85. The normalized spacial score (nSPS) is 31.0. The Morgan fingerprint density at radius 1 is 1.03 bits per heavy atom. The van der Waals surface area contributed by atoms with E-state index in [4.69, 9.17) is 4.74 Å². The van der Waals surface area contributed by atoms with Crippen LogP contribution in [0, 0.1) is 33.8 Å². The fourth-order valence-corrected chi connectivity index (χ4v) is 6.47. The van der Waals surface area contributed by atoms with Crippen molar-refractivity contribution < 1.29 is 34.6 Å². The van der Waals surface area contributed by atoms with Crippen LogP contribution in [0.2, 0.25) is 0 Å². The molecule has 3 aliphatic rings. The quantitative estimate of drug-likeness (QED) is 0.279.